The summed E-state index contributed by atoms with van der Waals surface area (Å²) >= 11 is 3.53. The van der Waals surface area contributed by atoms with Gasteiger partial charge in [0, 0.05) is 32.6 Å². The average Bonchev–Trinajstić information content (AvgIpc) is 3.01. The van der Waals surface area contributed by atoms with Gasteiger partial charge in [0.25, 0.3) is 0 Å². The van der Waals surface area contributed by atoms with Gasteiger partial charge in [0.05, 0.1) is 0 Å². The van der Waals surface area contributed by atoms with E-state index in [1.165, 1.54) is 5.56 Å². The van der Waals surface area contributed by atoms with E-state index in [2.05, 4.69) is 53.2 Å². The molecule has 0 N–H and O–H groups in total. The summed E-state index contributed by atoms with van der Waals surface area (Å²) in [6, 6.07) is 10.3. The molecule has 2 aromatic heterocycles. The summed E-state index contributed by atoms with van der Waals surface area (Å²) in [5.74, 6) is 1.62. The molecule has 5 rings (SSSR count). The Morgan fingerprint density at radius 1 is 0.955 bits per heavy atom. The monoisotopic (exact) mass is 352 g/mol. The molecule has 0 saturated carbocycles. The normalized spacial score (nSPS) is 17.6. The van der Waals surface area contributed by atoms with Gasteiger partial charge in [-0.1, -0.05) is 35.0 Å². The number of hydrogen-bond donors (Lipinski definition) is 0. The molecule has 4 aromatic rings. The first-order valence-electron chi connectivity index (χ1n) is 7.44. The third kappa shape index (κ3) is 1.66. The van der Waals surface area contributed by atoms with Gasteiger partial charge in [0.15, 0.2) is 0 Å². The van der Waals surface area contributed by atoms with Crippen molar-refractivity contribution in [3.05, 3.63) is 52.2 Å². The molecule has 0 fully saturated rings. The third-order valence-corrected chi connectivity index (χ3v) is 4.95. The van der Waals surface area contributed by atoms with Crippen LogP contribution in [0, 0.1) is 5.92 Å². The summed E-state index contributed by atoms with van der Waals surface area (Å²) in [7, 11) is 0. The van der Waals surface area contributed by atoms with Crippen LogP contribution in [0.25, 0.3) is 39.0 Å². The quantitative estimate of drug-likeness (QED) is 0.371. The van der Waals surface area contributed by atoms with Crippen molar-refractivity contribution in [3.63, 3.8) is 0 Å². The lowest BCUT2D eigenvalue weighted by Gasteiger charge is -2.09. The molecule has 2 nitrogen and oxygen atoms in total. The highest BCUT2D eigenvalue weighted by Gasteiger charge is 2.19. The molecule has 0 radical (unpaired) electrons. The van der Waals surface area contributed by atoms with Gasteiger partial charge < -0.3 is 8.83 Å². The standard InChI is InChI=1S/C19H13BrO2/c1-10-2-4-12-14-8-19-15(9-18(14)22-17(12)6-10)13-7-11(20)3-5-16(13)21-19/h2-5,7-10H,6H2,1H3. The zero-order valence-corrected chi connectivity index (χ0v) is 13.6. The zero-order valence-electron chi connectivity index (χ0n) is 12.0. The Morgan fingerprint density at radius 2 is 1.73 bits per heavy atom. The lowest BCUT2D eigenvalue weighted by Crippen LogP contribution is -2.00. The fourth-order valence-electron chi connectivity index (χ4n) is 3.36. The molecule has 1 aliphatic rings. The molecule has 2 aromatic carbocycles. The number of rotatable bonds is 0. The van der Waals surface area contributed by atoms with Crippen LogP contribution in [-0.4, -0.2) is 0 Å². The minimum Gasteiger partial charge on any atom is -0.460 e. The van der Waals surface area contributed by atoms with Gasteiger partial charge >= 0.3 is 0 Å². The molecule has 0 amide bonds. The van der Waals surface area contributed by atoms with Crippen LogP contribution in [-0.2, 0) is 6.42 Å². The zero-order chi connectivity index (χ0) is 14.8. The number of furan rings is 2. The summed E-state index contributed by atoms with van der Waals surface area (Å²) in [6.45, 7) is 2.21. The van der Waals surface area contributed by atoms with Crippen LogP contribution in [0.1, 0.15) is 18.2 Å². The van der Waals surface area contributed by atoms with E-state index >= 15 is 0 Å². The van der Waals surface area contributed by atoms with Crippen LogP contribution in [0.4, 0.5) is 0 Å². The van der Waals surface area contributed by atoms with Gasteiger partial charge in [-0.3, -0.25) is 0 Å². The maximum atomic E-state index is 6.11. The predicted molar refractivity (Wildman–Crippen MR) is 93.1 cm³/mol. The van der Waals surface area contributed by atoms with E-state index in [1.54, 1.807) is 0 Å². The van der Waals surface area contributed by atoms with Crippen LogP contribution in [0.5, 0.6) is 0 Å². The van der Waals surface area contributed by atoms with E-state index < -0.39 is 0 Å². The topological polar surface area (TPSA) is 26.3 Å². The number of allylic oxidation sites excluding steroid dienone is 1. The van der Waals surface area contributed by atoms with Crippen molar-refractivity contribution < 1.29 is 8.83 Å². The second-order valence-electron chi connectivity index (χ2n) is 6.07. The molecule has 2 heterocycles. The first kappa shape index (κ1) is 12.5. The van der Waals surface area contributed by atoms with Gasteiger partial charge in [-0.25, -0.2) is 0 Å². The van der Waals surface area contributed by atoms with E-state index in [4.69, 9.17) is 8.83 Å². The van der Waals surface area contributed by atoms with Crippen molar-refractivity contribution in [2.45, 2.75) is 13.3 Å². The fourth-order valence-corrected chi connectivity index (χ4v) is 3.72. The predicted octanol–water partition coefficient (Wildman–Crippen LogP) is 6.30. The summed E-state index contributed by atoms with van der Waals surface area (Å²) < 4.78 is 13.2. The van der Waals surface area contributed by atoms with Gasteiger partial charge in [-0.15, -0.1) is 0 Å². The Balaban J connectivity index is 1.89. The van der Waals surface area contributed by atoms with Crippen molar-refractivity contribution in [2.24, 2.45) is 5.92 Å². The Labute approximate surface area is 135 Å². The van der Waals surface area contributed by atoms with Gasteiger partial charge in [-0.05, 0) is 36.2 Å². The van der Waals surface area contributed by atoms with E-state index in [0.29, 0.717) is 5.92 Å². The molecular formula is C19H13BrO2. The molecule has 0 saturated heterocycles. The first-order chi connectivity index (χ1) is 10.7. The summed E-state index contributed by atoms with van der Waals surface area (Å²) in [5.41, 5.74) is 3.97. The Kier molecular flexibility index (Phi) is 2.43. The molecule has 0 bridgehead atoms. The van der Waals surface area contributed by atoms with E-state index in [1.807, 2.05) is 12.1 Å². The summed E-state index contributed by atoms with van der Waals surface area (Å²) in [5, 5.41) is 3.36. The second kappa shape index (κ2) is 4.26. The van der Waals surface area contributed by atoms with E-state index in [9.17, 15) is 0 Å². The molecule has 0 spiro atoms. The van der Waals surface area contributed by atoms with Crippen LogP contribution >= 0.6 is 15.9 Å². The van der Waals surface area contributed by atoms with Crippen LogP contribution in [0.3, 0.4) is 0 Å². The fraction of sp³-hybridized carbons (Fsp3) is 0.158. The molecular weight excluding hydrogens is 340 g/mol. The highest BCUT2D eigenvalue weighted by molar-refractivity contribution is 9.10. The molecule has 108 valence electrons. The largest absolute Gasteiger partial charge is 0.460 e. The summed E-state index contributed by atoms with van der Waals surface area (Å²) in [4.78, 5) is 0. The van der Waals surface area contributed by atoms with Crippen molar-refractivity contribution in [1.29, 1.82) is 0 Å². The van der Waals surface area contributed by atoms with Gasteiger partial charge in [0.1, 0.15) is 22.5 Å². The van der Waals surface area contributed by atoms with E-state index in [-0.39, 0.29) is 0 Å². The Morgan fingerprint density at radius 3 is 2.64 bits per heavy atom. The molecule has 0 aliphatic heterocycles. The molecule has 1 aliphatic carbocycles. The lowest BCUT2D eigenvalue weighted by molar-refractivity contribution is 0.513. The van der Waals surface area contributed by atoms with Gasteiger partial charge in [0.2, 0.25) is 0 Å². The van der Waals surface area contributed by atoms with E-state index in [0.717, 1.165) is 49.6 Å². The SMILES string of the molecule is CC1C=Cc2c(oc3cc4c(cc23)oc2ccc(Br)cc24)C1. The maximum Gasteiger partial charge on any atom is 0.136 e. The Bertz CT molecular complexity index is 1080. The number of hydrogen-bond acceptors (Lipinski definition) is 2. The summed E-state index contributed by atoms with van der Waals surface area (Å²) in [6.07, 6.45) is 5.39. The highest BCUT2D eigenvalue weighted by atomic mass is 79.9. The first-order valence-corrected chi connectivity index (χ1v) is 8.24. The lowest BCUT2D eigenvalue weighted by atomic mass is 9.95. The second-order valence-corrected chi connectivity index (χ2v) is 6.98. The average molecular weight is 353 g/mol. The van der Waals surface area contributed by atoms with Crippen LogP contribution in [0.15, 0.2) is 49.7 Å². The minimum absolute atomic E-state index is 0.535. The smallest absolute Gasteiger partial charge is 0.136 e. The molecule has 1 atom stereocenters. The highest BCUT2D eigenvalue weighted by Crippen LogP contribution is 2.38. The number of halogens is 1. The minimum atomic E-state index is 0.535. The maximum absolute atomic E-state index is 6.11. The van der Waals surface area contributed by atoms with Crippen molar-refractivity contribution in [1.82, 2.24) is 0 Å². The third-order valence-electron chi connectivity index (χ3n) is 4.46. The van der Waals surface area contributed by atoms with Crippen molar-refractivity contribution in [3.8, 4) is 0 Å². The molecule has 3 heteroatoms. The number of benzene rings is 2. The van der Waals surface area contributed by atoms with Crippen molar-refractivity contribution >= 4 is 54.9 Å². The van der Waals surface area contributed by atoms with Gasteiger partial charge in [-0.2, -0.15) is 0 Å². The van der Waals surface area contributed by atoms with Crippen molar-refractivity contribution in [2.75, 3.05) is 0 Å². The van der Waals surface area contributed by atoms with Crippen LogP contribution in [0.2, 0.25) is 0 Å². The molecule has 1 unspecified atom stereocenters. The van der Waals surface area contributed by atoms with Crippen LogP contribution < -0.4 is 0 Å². The number of fused-ring (bicyclic) bond motifs is 6. The Hall–Kier alpha value is -2.00. The molecule has 22 heavy (non-hydrogen) atoms.